The first-order valence-corrected chi connectivity index (χ1v) is 7.28. The zero-order chi connectivity index (χ0) is 12.0. The lowest BCUT2D eigenvalue weighted by Gasteiger charge is -2.21. The van der Waals surface area contributed by atoms with Crippen molar-refractivity contribution in [2.24, 2.45) is 0 Å². The van der Waals surface area contributed by atoms with Crippen molar-refractivity contribution in [3.63, 3.8) is 0 Å². The Kier molecular flexibility index (Phi) is 6.74. The molecule has 0 aliphatic carbocycles. The SMILES string of the molecule is CCN(CCCBr)Cc1c(Cl)cccc1Cl. The molecule has 0 aliphatic heterocycles. The molecule has 0 aliphatic rings. The van der Waals surface area contributed by atoms with E-state index in [1.165, 1.54) is 0 Å². The third-order valence-corrected chi connectivity index (χ3v) is 3.77. The molecule has 0 spiro atoms. The van der Waals surface area contributed by atoms with Crippen molar-refractivity contribution < 1.29 is 0 Å². The average molecular weight is 325 g/mol. The quantitative estimate of drug-likeness (QED) is 0.691. The Morgan fingerprint density at radius 1 is 1.25 bits per heavy atom. The summed E-state index contributed by atoms with van der Waals surface area (Å²) in [6.07, 6.45) is 1.13. The summed E-state index contributed by atoms with van der Waals surface area (Å²) in [4.78, 5) is 2.34. The van der Waals surface area contributed by atoms with E-state index >= 15 is 0 Å². The van der Waals surface area contributed by atoms with Gasteiger partial charge in [0.1, 0.15) is 0 Å². The van der Waals surface area contributed by atoms with Crippen LogP contribution in [0.1, 0.15) is 18.9 Å². The van der Waals surface area contributed by atoms with Crippen LogP contribution in [-0.4, -0.2) is 23.3 Å². The smallest absolute Gasteiger partial charge is 0.0465 e. The van der Waals surface area contributed by atoms with Gasteiger partial charge in [0.25, 0.3) is 0 Å². The summed E-state index contributed by atoms with van der Waals surface area (Å²) >= 11 is 15.7. The molecule has 0 radical (unpaired) electrons. The lowest BCUT2D eigenvalue weighted by Crippen LogP contribution is -2.24. The number of hydrogen-bond donors (Lipinski definition) is 0. The van der Waals surface area contributed by atoms with Gasteiger partial charge in [-0.3, -0.25) is 4.90 Å². The first-order chi connectivity index (χ1) is 7.69. The van der Waals surface area contributed by atoms with E-state index < -0.39 is 0 Å². The minimum Gasteiger partial charge on any atom is -0.299 e. The van der Waals surface area contributed by atoms with Gasteiger partial charge in [-0.05, 0) is 31.6 Å². The highest BCUT2D eigenvalue weighted by Crippen LogP contribution is 2.25. The highest BCUT2D eigenvalue weighted by Gasteiger charge is 2.09. The van der Waals surface area contributed by atoms with Gasteiger partial charge in [-0.1, -0.05) is 52.1 Å². The van der Waals surface area contributed by atoms with Gasteiger partial charge >= 0.3 is 0 Å². The molecular formula is C12H16BrCl2N. The molecule has 0 saturated carbocycles. The number of hydrogen-bond acceptors (Lipinski definition) is 1. The number of halogens is 3. The second-order valence-corrected chi connectivity index (χ2v) is 5.22. The van der Waals surface area contributed by atoms with Crippen molar-refractivity contribution in [3.8, 4) is 0 Å². The molecule has 1 aromatic rings. The second kappa shape index (κ2) is 7.54. The normalized spacial score (nSPS) is 11.1. The van der Waals surface area contributed by atoms with E-state index in [0.717, 1.165) is 47.0 Å². The van der Waals surface area contributed by atoms with E-state index in [-0.39, 0.29) is 0 Å². The van der Waals surface area contributed by atoms with E-state index in [4.69, 9.17) is 23.2 Å². The molecule has 1 aromatic carbocycles. The van der Waals surface area contributed by atoms with Gasteiger partial charge in [0.15, 0.2) is 0 Å². The molecule has 0 fully saturated rings. The van der Waals surface area contributed by atoms with Crippen molar-refractivity contribution >= 4 is 39.1 Å². The summed E-state index contributed by atoms with van der Waals surface area (Å²) < 4.78 is 0. The molecule has 90 valence electrons. The number of alkyl halides is 1. The fraction of sp³-hybridized carbons (Fsp3) is 0.500. The largest absolute Gasteiger partial charge is 0.299 e. The van der Waals surface area contributed by atoms with Crippen LogP contribution in [0.15, 0.2) is 18.2 Å². The molecule has 0 unspecified atom stereocenters. The van der Waals surface area contributed by atoms with Crippen LogP contribution in [0.4, 0.5) is 0 Å². The van der Waals surface area contributed by atoms with Gasteiger partial charge in [-0.2, -0.15) is 0 Å². The van der Waals surface area contributed by atoms with Gasteiger partial charge in [0.05, 0.1) is 0 Å². The van der Waals surface area contributed by atoms with Crippen LogP contribution in [0.25, 0.3) is 0 Å². The van der Waals surface area contributed by atoms with Gasteiger partial charge < -0.3 is 0 Å². The van der Waals surface area contributed by atoms with Crippen LogP contribution < -0.4 is 0 Å². The van der Waals surface area contributed by atoms with Crippen molar-refractivity contribution in [2.45, 2.75) is 19.9 Å². The molecule has 4 heteroatoms. The van der Waals surface area contributed by atoms with Gasteiger partial charge in [0, 0.05) is 27.5 Å². The highest BCUT2D eigenvalue weighted by molar-refractivity contribution is 9.09. The van der Waals surface area contributed by atoms with Crippen LogP contribution in [-0.2, 0) is 6.54 Å². The van der Waals surface area contributed by atoms with Crippen LogP contribution in [0.2, 0.25) is 10.0 Å². The van der Waals surface area contributed by atoms with Crippen molar-refractivity contribution in [2.75, 3.05) is 18.4 Å². The first-order valence-electron chi connectivity index (χ1n) is 5.40. The van der Waals surface area contributed by atoms with Crippen LogP contribution in [0, 0.1) is 0 Å². The molecule has 1 nitrogen and oxygen atoms in total. The Labute approximate surface area is 116 Å². The lowest BCUT2D eigenvalue weighted by molar-refractivity contribution is 0.282. The number of nitrogens with zero attached hydrogens (tertiary/aromatic N) is 1. The molecule has 0 heterocycles. The predicted octanol–water partition coefficient (Wildman–Crippen LogP) is 4.60. The minimum atomic E-state index is 0.754. The van der Waals surface area contributed by atoms with E-state index in [1.54, 1.807) is 0 Å². The Morgan fingerprint density at radius 2 is 1.88 bits per heavy atom. The number of benzene rings is 1. The molecule has 0 bridgehead atoms. The second-order valence-electron chi connectivity index (χ2n) is 3.61. The Hall–Kier alpha value is 0.240. The summed E-state index contributed by atoms with van der Waals surface area (Å²) in [5, 5.41) is 2.54. The fourth-order valence-electron chi connectivity index (χ4n) is 1.54. The van der Waals surface area contributed by atoms with Crippen molar-refractivity contribution in [1.29, 1.82) is 0 Å². The standard InChI is InChI=1S/C12H16BrCl2N/c1-2-16(8-4-7-13)9-10-11(14)5-3-6-12(10)15/h3,5-6H,2,4,7-9H2,1H3. The lowest BCUT2D eigenvalue weighted by atomic mass is 10.2. The average Bonchev–Trinajstić information content (AvgIpc) is 2.28. The van der Waals surface area contributed by atoms with Gasteiger partial charge in [0.2, 0.25) is 0 Å². The molecule has 0 saturated heterocycles. The summed E-state index contributed by atoms with van der Waals surface area (Å²) in [5.41, 5.74) is 1.03. The monoisotopic (exact) mass is 323 g/mol. The predicted molar refractivity (Wildman–Crippen MR) is 75.8 cm³/mol. The summed E-state index contributed by atoms with van der Waals surface area (Å²) in [5.74, 6) is 0. The zero-order valence-electron chi connectivity index (χ0n) is 9.35. The third-order valence-electron chi connectivity index (χ3n) is 2.50. The third kappa shape index (κ3) is 4.25. The highest BCUT2D eigenvalue weighted by atomic mass is 79.9. The fourth-order valence-corrected chi connectivity index (χ4v) is 2.31. The zero-order valence-corrected chi connectivity index (χ0v) is 12.4. The minimum absolute atomic E-state index is 0.754. The van der Waals surface area contributed by atoms with E-state index in [0.29, 0.717) is 0 Å². The van der Waals surface area contributed by atoms with Gasteiger partial charge in [-0.15, -0.1) is 0 Å². The molecule has 0 aromatic heterocycles. The molecule has 1 rings (SSSR count). The molecule has 0 amide bonds. The maximum absolute atomic E-state index is 6.14. The summed E-state index contributed by atoms with van der Waals surface area (Å²) in [6.45, 7) is 5.04. The summed E-state index contributed by atoms with van der Waals surface area (Å²) in [7, 11) is 0. The molecule has 16 heavy (non-hydrogen) atoms. The van der Waals surface area contributed by atoms with Crippen molar-refractivity contribution in [1.82, 2.24) is 4.90 Å². The maximum Gasteiger partial charge on any atom is 0.0465 e. The molecular weight excluding hydrogens is 309 g/mol. The summed E-state index contributed by atoms with van der Waals surface area (Å²) in [6, 6.07) is 5.66. The first kappa shape index (κ1) is 14.3. The van der Waals surface area contributed by atoms with Crippen LogP contribution in [0.5, 0.6) is 0 Å². The van der Waals surface area contributed by atoms with E-state index in [1.807, 2.05) is 18.2 Å². The Balaban J connectivity index is 2.69. The molecule has 0 atom stereocenters. The van der Waals surface area contributed by atoms with Crippen molar-refractivity contribution in [3.05, 3.63) is 33.8 Å². The Bertz CT molecular complexity index is 311. The van der Waals surface area contributed by atoms with E-state index in [9.17, 15) is 0 Å². The van der Waals surface area contributed by atoms with Gasteiger partial charge in [-0.25, -0.2) is 0 Å². The Morgan fingerprint density at radius 3 is 2.38 bits per heavy atom. The van der Waals surface area contributed by atoms with Crippen LogP contribution in [0.3, 0.4) is 0 Å². The molecule has 0 N–H and O–H groups in total. The van der Waals surface area contributed by atoms with E-state index in [2.05, 4.69) is 27.8 Å². The maximum atomic E-state index is 6.14. The van der Waals surface area contributed by atoms with Crippen LogP contribution >= 0.6 is 39.1 Å². The number of rotatable bonds is 6. The topological polar surface area (TPSA) is 3.24 Å².